The Morgan fingerprint density at radius 2 is 2.33 bits per heavy atom. The normalized spacial score (nSPS) is 19.2. The third-order valence-corrected chi connectivity index (χ3v) is 3.45. The van der Waals surface area contributed by atoms with Crippen molar-refractivity contribution in [3.8, 4) is 0 Å². The van der Waals surface area contributed by atoms with Crippen molar-refractivity contribution in [3.63, 3.8) is 0 Å². The molecule has 1 heteroatoms. The van der Waals surface area contributed by atoms with Crippen LogP contribution in [0.4, 0.5) is 0 Å². The van der Waals surface area contributed by atoms with Gasteiger partial charge in [0.25, 0.3) is 0 Å². The van der Waals surface area contributed by atoms with Crippen LogP contribution < -0.4 is 5.73 Å². The molecule has 0 heterocycles. The van der Waals surface area contributed by atoms with Crippen molar-refractivity contribution < 1.29 is 0 Å². The smallest absolute Gasteiger partial charge is 0.0137 e. The lowest BCUT2D eigenvalue weighted by atomic mass is 10.0. The fourth-order valence-electron chi connectivity index (χ4n) is 2.33. The second-order valence-corrected chi connectivity index (χ2v) is 5.02. The van der Waals surface area contributed by atoms with Crippen molar-refractivity contribution in [3.05, 3.63) is 65.8 Å². The van der Waals surface area contributed by atoms with Crippen LogP contribution in [0.3, 0.4) is 0 Å². The van der Waals surface area contributed by atoms with Gasteiger partial charge in [0.15, 0.2) is 0 Å². The van der Waals surface area contributed by atoms with E-state index < -0.39 is 0 Å². The summed E-state index contributed by atoms with van der Waals surface area (Å²) in [7, 11) is 0. The maximum absolute atomic E-state index is 5.65. The van der Waals surface area contributed by atoms with E-state index in [-0.39, 0.29) is 0 Å². The Kier molecular flexibility index (Phi) is 4.16. The van der Waals surface area contributed by atoms with Crippen LogP contribution in [0.15, 0.2) is 54.6 Å². The Balaban J connectivity index is 1.96. The maximum atomic E-state index is 5.65. The molecule has 1 atom stereocenters. The van der Waals surface area contributed by atoms with Gasteiger partial charge in [0, 0.05) is 6.54 Å². The molecule has 1 aromatic carbocycles. The number of benzene rings is 1. The van der Waals surface area contributed by atoms with Gasteiger partial charge in [0.05, 0.1) is 0 Å². The van der Waals surface area contributed by atoms with Gasteiger partial charge in [0.1, 0.15) is 0 Å². The predicted octanol–water partition coefficient (Wildman–Crippen LogP) is 3.86. The Hall–Kier alpha value is -1.60. The van der Waals surface area contributed by atoms with Gasteiger partial charge in [-0.3, -0.25) is 0 Å². The first-order valence-corrected chi connectivity index (χ1v) is 6.51. The molecule has 1 aliphatic carbocycles. The van der Waals surface area contributed by atoms with Crippen LogP contribution in [0.2, 0.25) is 0 Å². The van der Waals surface area contributed by atoms with Crippen LogP contribution in [-0.2, 0) is 0 Å². The van der Waals surface area contributed by atoms with Gasteiger partial charge in [-0.15, -0.1) is 0 Å². The largest absolute Gasteiger partial charge is 0.327 e. The summed E-state index contributed by atoms with van der Waals surface area (Å²) in [4.78, 5) is 0. The molecule has 0 radical (unpaired) electrons. The lowest BCUT2D eigenvalue weighted by Gasteiger charge is -2.05. The van der Waals surface area contributed by atoms with E-state index in [4.69, 9.17) is 5.73 Å². The summed E-state index contributed by atoms with van der Waals surface area (Å²) in [6.07, 6.45) is 8.90. The molecule has 2 N–H and O–H groups in total. The van der Waals surface area contributed by atoms with Gasteiger partial charge >= 0.3 is 0 Å². The lowest BCUT2D eigenvalue weighted by Crippen LogP contribution is -2.01. The summed E-state index contributed by atoms with van der Waals surface area (Å²) in [6.45, 7) is 6.94. The highest BCUT2D eigenvalue weighted by atomic mass is 14.5. The zero-order valence-corrected chi connectivity index (χ0v) is 11.0. The molecule has 0 spiro atoms. The summed E-state index contributed by atoms with van der Waals surface area (Å²) in [5.41, 5.74) is 10.6. The highest BCUT2D eigenvalue weighted by molar-refractivity contribution is 5.72. The number of rotatable bonds is 4. The van der Waals surface area contributed by atoms with Crippen molar-refractivity contribution in [2.45, 2.75) is 19.8 Å². The molecule has 1 nitrogen and oxygen atoms in total. The second kappa shape index (κ2) is 5.83. The van der Waals surface area contributed by atoms with E-state index >= 15 is 0 Å². The van der Waals surface area contributed by atoms with Crippen molar-refractivity contribution >= 4 is 5.57 Å². The summed E-state index contributed by atoms with van der Waals surface area (Å²) in [6, 6.07) is 8.46. The molecule has 94 valence electrons. The fraction of sp³-hybridized carbons (Fsp3) is 0.294. The molecular formula is C17H21N. The molecule has 1 aromatic rings. The number of allylic oxidation sites excluding steroid dienone is 4. The first-order chi connectivity index (χ1) is 8.69. The monoisotopic (exact) mass is 239 g/mol. The van der Waals surface area contributed by atoms with Crippen LogP contribution in [0, 0.1) is 12.8 Å². The molecule has 0 fully saturated rings. The predicted molar refractivity (Wildman–Crippen MR) is 79.2 cm³/mol. The minimum absolute atomic E-state index is 0.602. The van der Waals surface area contributed by atoms with Gasteiger partial charge < -0.3 is 5.73 Å². The number of nitrogens with two attached hydrogens (primary N) is 1. The Bertz CT molecular complexity index is 494. The van der Waals surface area contributed by atoms with Crippen molar-refractivity contribution in [1.29, 1.82) is 0 Å². The lowest BCUT2D eigenvalue weighted by molar-refractivity contribution is 0.699. The highest BCUT2D eigenvalue weighted by Crippen LogP contribution is 2.26. The van der Waals surface area contributed by atoms with E-state index in [1.54, 1.807) is 0 Å². The van der Waals surface area contributed by atoms with Gasteiger partial charge in [-0.25, -0.2) is 0 Å². The van der Waals surface area contributed by atoms with Crippen molar-refractivity contribution in [2.24, 2.45) is 11.7 Å². The third kappa shape index (κ3) is 3.21. The van der Waals surface area contributed by atoms with E-state index in [1.165, 1.54) is 16.7 Å². The third-order valence-electron chi connectivity index (χ3n) is 3.45. The quantitative estimate of drug-likeness (QED) is 0.626. The van der Waals surface area contributed by atoms with Gasteiger partial charge in [-0.2, -0.15) is 0 Å². The summed E-state index contributed by atoms with van der Waals surface area (Å²) in [5, 5.41) is 0. The topological polar surface area (TPSA) is 26.0 Å². The van der Waals surface area contributed by atoms with Gasteiger partial charge in [-0.1, -0.05) is 60.2 Å². The summed E-state index contributed by atoms with van der Waals surface area (Å²) < 4.78 is 0. The second-order valence-electron chi connectivity index (χ2n) is 5.02. The van der Waals surface area contributed by atoms with Crippen LogP contribution in [0.5, 0.6) is 0 Å². The minimum Gasteiger partial charge on any atom is -0.327 e. The molecule has 0 bridgehead atoms. The van der Waals surface area contributed by atoms with Crippen LogP contribution in [-0.4, -0.2) is 6.54 Å². The van der Waals surface area contributed by atoms with Gasteiger partial charge in [-0.05, 0) is 36.8 Å². The molecule has 2 rings (SSSR count). The van der Waals surface area contributed by atoms with Crippen molar-refractivity contribution in [1.82, 2.24) is 0 Å². The minimum atomic E-state index is 0.602. The molecule has 1 aliphatic rings. The zero-order valence-electron chi connectivity index (χ0n) is 11.0. The van der Waals surface area contributed by atoms with E-state index in [0.29, 0.717) is 12.5 Å². The summed E-state index contributed by atoms with van der Waals surface area (Å²) in [5.74, 6) is 0.602. The first-order valence-electron chi connectivity index (χ1n) is 6.51. The zero-order chi connectivity index (χ0) is 13.0. The van der Waals surface area contributed by atoms with Crippen LogP contribution >= 0.6 is 0 Å². The molecular weight excluding hydrogens is 218 g/mol. The van der Waals surface area contributed by atoms with Crippen molar-refractivity contribution in [2.75, 3.05) is 6.54 Å². The molecule has 0 saturated carbocycles. The molecule has 0 aromatic heterocycles. The Morgan fingerprint density at radius 1 is 1.50 bits per heavy atom. The van der Waals surface area contributed by atoms with E-state index in [0.717, 1.165) is 18.4 Å². The first kappa shape index (κ1) is 12.8. The van der Waals surface area contributed by atoms with Gasteiger partial charge in [0.2, 0.25) is 0 Å². The molecule has 0 amide bonds. The average Bonchev–Trinajstić information content (AvgIpc) is 2.84. The highest BCUT2D eigenvalue weighted by Gasteiger charge is 2.12. The number of aryl methyl sites for hydroxylation is 1. The maximum Gasteiger partial charge on any atom is 0.0137 e. The molecule has 0 aliphatic heterocycles. The van der Waals surface area contributed by atoms with E-state index in [2.05, 4.69) is 56.0 Å². The summed E-state index contributed by atoms with van der Waals surface area (Å²) >= 11 is 0. The van der Waals surface area contributed by atoms with E-state index in [1.807, 2.05) is 0 Å². The average molecular weight is 239 g/mol. The molecule has 18 heavy (non-hydrogen) atoms. The standard InChI is InChI=1S/C17H21N/c1-13-4-3-5-17(10-13)14(2)6-7-15-8-9-16(11-15)12-18/h3-7,9-10,15H,2,8,11-12,18H2,1H3/b7-6+. The van der Waals surface area contributed by atoms with Crippen LogP contribution in [0.25, 0.3) is 5.57 Å². The Labute approximate surface area is 110 Å². The molecule has 1 unspecified atom stereocenters. The van der Waals surface area contributed by atoms with E-state index in [9.17, 15) is 0 Å². The molecule has 0 saturated heterocycles. The SMILES string of the molecule is C=C(/C=C/C1CC=C(CN)C1)c1cccc(C)c1. The Morgan fingerprint density at radius 3 is 3.00 bits per heavy atom. The number of hydrogen-bond acceptors (Lipinski definition) is 1. The van der Waals surface area contributed by atoms with Crippen LogP contribution in [0.1, 0.15) is 24.0 Å². The number of hydrogen-bond donors (Lipinski definition) is 1. The fourth-order valence-corrected chi connectivity index (χ4v) is 2.33.